The number of fused-ring (bicyclic) bond motifs is 2. The van der Waals surface area contributed by atoms with E-state index in [4.69, 9.17) is 9.78 Å². The first kappa shape index (κ1) is 21.2. The van der Waals surface area contributed by atoms with E-state index in [0.29, 0.717) is 23.7 Å². The molecule has 2 aliphatic heterocycles. The van der Waals surface area contributed by atoms with Crippen LogP contribution in [0.15, 0.2) is 23.8 Å². The normalized spacial score (nSPS) is 52.3. The molecular weight excluding hydrogens is 372 g/mol. The van der Waals surface area contributed by atoms with Crippen LogP contribution >= 0.6 is 0 Å². The van der Waals surface area contributed by atoms with Crippen LogP contribution in [0.4, 0.5) is 0 Å². The van der Waals surface area contributed by atoms with Crippen molar-refractivity contribution in [3.05, 3.63) is 23.8 Å². The average molecular weight is 415 g/mol. The molecule has 0 amide bonds. The van der Waals surface area contributed by atoms with Gasteiger partial charge in [0.2, 0.25) is 0 Å². The zero-order valence-corrected chi connectivity index (χ0v) is 19.7. The molecule has 2 spiro atoms. The monoisotopic (exact) mass is 414 g/mol. The minimum atomic E-state index is -0.430. The minimum Gasteiger partial charge on any atom is -0.393 e. The molecule has 0 aromatic carbocycles. The quantitative estimate of drug-likeness (QED) is 0.429. The van der Waals surface area contributed by atoms with E-state index in [0.717, 1.165) is 24.7 Å². The van der Waals surface area contributed by atoms with Gasteiger partial charge in [-0.25, -0.2) is 9.78 Å². The fraction of sp³-hybridized carbons (Fsp3) is 0.852. The highest BCUT2D eigenvalue weighted by atomic mass is 17.2. The molecule has 3 saturated carbocycles. The maximum atomic E-state index is 10.4. The van der Waals surface area contributed by atoms with E-state index in [-0.39, 0.29) is 17.1 Å². The lowest BCUT2D eigenvalue weighted by Crippen LogP contribution is -2.73. The van der Waals surface area contributed by atoms with Gasteiger partial charge in [0.15, 0.2) is 0 Å². The predicted octanol–water partition coefficient (Wildman–Crippen LogP) is 6.37. The fourth-order valence-corrected chi connectivity index (χ4v) is 8.91. The summed E-state index contributed by atoms with van der Waals surface area (Å²) in [4.78, 5) is 12.7. The van der Waals surface area contributed by atoms with Crippen molar-refractivity contribution in [3.63, 3.8) is 0 Å². The number of allylic oxidation sites excluding steroid dienone is 2. The highest BCUT2D eigenvalue weighted by Gasteiger charge is 2.74. The number of aliphatic hydroxyl groups is 1. The van der Waals surface area contributed by atoms with Gasteiger partial charge >= 0.3 is 0 Å². The van der Waals surface area contributed by atoms with Crippen LogP contribution in [0, 0.1) is 34.5 Å². The van der Waals surface area contributed by atoms with Crippen molar-refractivity contribution < 1.29 is 14.9 Å². The van der Waals surface area contributed by atoms with Gasteiger partial charge in [0.25, 0.3) is 0 Å². The highest BCUT2D eigenvalue weighted by Crippen LogP contribution is 2.72. The highest BCUT2D eigenvalue weighted by molar-refractivity contribution is 5.33. The third kappa shape index (κ3) is 2.67. The van der Waals surface area contributed by atoms with Gasteiger partial charge in [0.05, 0.1) is 6.10 Å². The number of aliphatic hydroxyl groups excluding tert-OH is 1. The van der Waals surface area contributed by atoms with Gasteiger partial charge in [-0.2, -0.15) is 0 Å². The van der Waals surface area contributed by atoms with E-state index in [1.54, 1.807) is 0 Å². The summed E-state index contributed by atoms with van der Waals surface area (Å²) < 4.78 is 0. The first-order valence-electron chi connectivity index (χ1n) is 12.6. The molecule has 4 aliphatic carbocycles. The van der Waals surface area contributed by atoms with E-state index in [1.807, 2.05) is 0 Å². The lowest BCUT2D eigenvalue weighted by atomic mass is 9.42. The lowest BCUT2D eigenvalue weighted by Gasteiger charge is -2.69. The standard InChI is InChI=1S/C27H42O3/c1-18(2)7-6-8-19(3)21-9-10-22-24(21,4)13-12-23-25(5)14-11-20(28)17-26(25)15-16-27(22,23)30-29-26/h7,15-16,19-23,28H,6,8-14,17H2,1-5H3/t19-,20+,21?,22?,23?,24-,25-,26-,27+/m1/s1. The van der Waals surface area contributed by atoms with Crippen molar-refractivity contribution in [1.82, 2.24) is 0 Å². The van der Waals surface area contributed by atoms with Crippen molar-refractivity contribution >= 4 is 0 Å². The predicted molar refractivity (Wildman–Crippen MR) is 120 cm³/mol. The topological polar surface area (TPSA) is 38.7 Å². The first-order valence-corrected chi connectivity index (χ1v) is 12.6. The van der Waals surface area contributed by atoms with Crippen molar-refractivity contribution in [2.24, 2.45) is 34.5 Å². The van der Waals surface area contributed by atoms with Crippen LogP contribution in [0.25, 0.3) is 0 Å². The molecule has 30 heavy (non-hydrogen) atoms. The Hall–Kier alpha value is -0.640. The van der Waals surface area contributed by atoms with E-state index in [2.05, 4.69) is 52.8 Å². The van der Waals surface area contributed by atoms with Gasteiger partial charge in [-0.3, -0.25) is 0 Å². The van der Waals surface area contributed by atoms with Crippen LogP contribution in [0.2, 0.25) is 0 Å². The summed E-state index contributed by atoms with van der Waals surface area (Å²) in [6, 6.07) is 0. The molecule has 6 rings (SSSR count). The molecule has 3 heteroatoms. The summed E-state index contributed by atoms with van der Waals surface area (Å²) in [5.74, 6) is 2.57. The Balaban J connectivity index is 1.44. The third-order valence-electron chi connectivity index (χ3n) is 10.6. The second kappa shape index (κ2) is 6.93. The molecule has 4 fully saturated rings. The van der Waals surface area contributed by atoms with E-state index < -0.39 is 5.60 Å². The Morgan fingerprint density at radius 1 is 1.07 bits per heavy atom. The smallest absolute Gasteiger partial charge is 0.130 e. The Morgan fingerprint density at radius 2 is 1.87 bits per heavy atom. The molecule has 0 radical (unpaired) electrons. The summed E-state index contributed by atoms with van der Waals surface area (Å²) in [6.45, 7) is 11.9. The van der Waals surface area contributed by atoms with Crippen molar-refractivity contribution in [1.29, 1.82) is 0 Å². The second-order valence-electron chi connectivity index (χ2n) is 12.2. The van der Waals surface area contributed by atoms with Crippen LogP contribution in [-0.2, 0) is 9.78 Å². The van der Waals surface area contributed by atoms with E-state index in [1.165, 1.54) is 44.1 Å². The van der Waals surface area contributed by atoms with Crippen LogP contribution in [0.5, 0.6) is 0 Å². The lowest BCUT2D eigenvalue weighted by molar-refractivity contribution is -0.497. The molecule has 0 aromatic rings. The molecule has 0 aromatic heterocycles. The van der Waals surface area contributed by atoms with Gasteiger partial charge in [0.1, 0.15) is 11.2 Å². The Bertz CT molecular complexity index is 753. The molecule has 1 N–H and O–H groups in total. The zero-order chi connectivity index (χ0) is 21.4. The Labute approximate surface area is 183 Å². The summed E-state index contributed by atoms with van der Waals surface area (Å²) in [5, 5.41) is 10.4. The summed E-state index contributed by atoms with van der Waals surface area (Å²) >= 11 is 0. The van der Waals surface area contributed by atoms with Crippen LogP contribution in [0.1, 0.15) is 92.4 Å². The third-order valence-corrected chi connectivity index (χ3v) is 10.6. The largest absolute Gasteiger partial charge is 0.393 e. The molecule has 1 saturated heterocycles. The fourth-order valence-electron chi connectivity index (χ4n) is 8.91. The molecular formula is C27H42O3. The van der Waals surface area contributed by atoms with Gasteiger partial charge in [-0.15, -0.1) is 0 Å². The molecule has 168 valence electrons. The van der Waals surface area contributed by atoms with Crippen LogP contribution < -0.4 is 0 Å². The molecule has 2 heterocycles. The van der Waals surface area contributed by atoms with Crippen molar-refractivity contribution in [2.45, 2.75) is 110 Å². The van der Waals surface area contributed by atoms with Gasteiger partial charge in [0, 0.05) is 23.7 Å². The first-order chi connectivity index (χ1) is 14.2. The summed E-state index contributed by atoms with van der Waals surface area (Å²) in [6.07, 6.45) is 17.1. The van der Waals surface area contributed by atoms with E-state index >= 15 is 0 Å². The van der Waals surface area contributed by atoms with E-state index in [9.17, 15) is 5.11 Å². The average Bonchev–Trinajstić information content (AvgIpc) is 3.05. The van der Waals surface area contributed by atoms with Gasteiger partial charge < -0.3 is 5.11 Å². The SMILES string of the molecule is CC(C)=CCC[C@@H](C)C1CCC2[C@]1(C)CCC1[C@]23C=C[C@]2(C[C@@H](O)CC[C@]12C)OO3. The molecule has 6 aliphatic rings. The Morgan fingerprint density at radius 3 is 2.57 bits per heavy atom. The summed E-state index contributed by atoms with van der Waals surface area (Å²) in [7, 11) is 0. The molecule has 9 atom stereocenters. The number of hydrogen-bond acceptors (Lipinski definition) is 3. The molecule has 2 bridgehead atoms. The molecule has 3 unspecified atom stereocenters. The molecule has 3 nitrogen and oxygen atoms in total. The maximum Gasteiger partial charge on any atom is 0.130 e. The van der Waals surface area contributed by atoms with Crippen molar-refractivity contribution in [2.75, 3.05) is 0 Å². The summed E-state index contributed by atoms with van der Waals surface area (Å²) in [5.41, 5.74) is 1.15. The van der Waals surface area contributed by atoms with Crippen LogP contribution in [0.3, 0.4) is 0 Å². The Kier molecular flexibility index (Phi) is 4.90. The minimum absolute atomic E-state index is 0.0771. The number of hydrogen-bond donors (Lipinski definition) is 1. The number of rotatable bonds is 4. The van der Waals surface area contributed by atoms with Gasteiger partial charge in [-0.1, -0.05) is 38.5 Å². The maximum absolute atomic E-state index is 10.4. The second-order valence-corrected chi connectivity index (χ2v) is 12.2. The van der Waals surface area contributed by atoms with Gasteiger partial charge in [-0.05, 0) is 88.5 Å². The van der Waals surface area contributed by atoms with Crippen molar-refractivity contribution in [3.8, 4) is 0 Å². The van der Waals surface area contributed by atoms with Crippen LogP contribution in [-0.4, -0.2) is 22.4 Å². The zero-order valence-electron chi connectivity index (χ0n) is 19.7.